The van der Waals surface area contributed by atoms with Crippen molar-refractivity contribution in [2.24, 2.45) is 4.99 Å². The number of benzene rings is 1. The van der Waals surface area contributed by atoms with Gasteiger partial charge in [0.05, 0.1) is 6.04 Å². The fourth-order valence-electron chi connectivity index (χ4n) is 3.21. The van der Waals surface area contributed by atoms with Gasteiger partial charge in [0.1, 0.15) is 5.69 Å². The molecule has 28 heavy (non-hydrogen) atoms. The molecule has 1 unspecified atom stereocenters. The Hall–Kier alpha value is -2.86. The van der Waals surface area contributed by atoms with E-state index in [0.29, 0.717) is 12.2 Å². The number of amidine groups is 1. The predicted molar refractivity (Wildman–Crippen MR) is 114 cm³/mol. The van der Waals surface area contributed by atoms with Gasteiger partial charge in [-0.05, 0) is 48.2 Å². The average Bonchev–Trinajstić information content (AvgIpc) is 3.37. The third kappa shape index (κ3) is 4.70. The maximum absolute atomic E-state index is 12.7. The average molecular weight is 391 g/mol. The van der Waals surface area contributed by atoms with Crippen LogP contribution in [0.1, 0.15) is 28.0 Å². The number of nitrogens with zero attached hydrogens (tertiary/aromatic N) is 3. The standard InChI is InChI=1S/C22H22N4OS/c27-21(20-7-4-14-26(20)15-18-10-12-23-13-11-18)25-22-24-19(16-28-22)9-8-17-5-2-1-3-6-17/h1-7,10-14,19H,8-9,15-16H2,(H,24,25,27). The second kappa shape index (κ2) is 8.89. The summed E-state index contributed by atoms with van der Waals surface area (Å²) in [6.45, 7) is 0.637. The molecule has 3 heterocycles. The molecule has 2 aromatic heterocycles. The number of amides is 1. The molecule has 0 aliphatic carbocycles. The second-order valence-corrected chi connectivity index (χ2v) is 7.76. The molecule has 0 saturated carbocycles. The number of rotatable bonds is 6. The van der Waals surface area contributed by atoms with E-state index in [9.17, 15) is 4.79 Å². The normalized spacial score (nSPS) is 16.0. The van der Waals surface area contributed by atoms with Crippen molar-refractivity contribution in [3.63, 3.8) is 0 Å². The minimum atomic E-state index is -0.117. The molecule has 0 spiro atoms. The highest BCUT2D eigenvalue weighted by molar-refractivity contribution is 8.14. The zero-order valence-corrected chi connectivity index (χ0v) is 16.3. The van der Waals surface area contributed by atoms with Crippen LogP contribution in [0.25, 0.3) is 0 Å². The van der Waals surface area contributed by atoms with Crippen LogP contribution in [-0.4, -0.2) is 32.4 Å². The Balaban J connectivity index is 1.35. The summed E-state index contributed by atoms with van der Waals surface area (Å²) in [4.78, 5) is 21.5. The molecule has 1 amide bonds. The van der Waals surface area contributed by atoms with Gasteiger partial charge in [-0.3, -0.25) is 14.8 Å². The molecule has 3 aromatic rings. The molecule has 1 N–H and O–H groups in total. The lowest BCUT2D eigenvalue weighted by Crippen LogP contribution is -2.29. The van der Waals surface area contributed by atoms with Crippen LogP contribution in [0.15, 0.2) is 78.2 Å². The van der Waals surface area contributed by atoms with Gasteiger partial charge in [0, 0.05) is 30.9 Å². The Kier molecular flexibility index (Phi) is 5.87. The Bertz CT molecular complexity index is 953. The quantitative estimate of drug-likeness (QED) is 0.697. The highest BCUT2D eigenvalue weighted by atomic mass is 32.2. The van der Waals surface area contributed by atoms with Crippen LogP contribution < -0.4 is 5.32 Å². The fraction of sp³-hybridized carbons (Fsp3) is 0.227. The SMILES string of the molecule is O=C(NC1=NC(CCc2ccccc2)CS1)c1cccn1Cc1ccncc1. The van der Waals surface area contributed by atoms with Gasteiger partial charge < -0.3 is 9.88 Å². The highest BCUT2D eigenvalue weighted by Crippen LogP contribution is 2.21. The minimum Gasteiger partial charge on any atom is -0.339 e. The third-order valence-corrected chi connectivity index (χ3v) is 5.74. The van der Waals surface area contributed by atoms with Crippen LogP contribution in [0, 0.1) is 0 Å². The molecule has 1 aliphatic heterocycles. The molecule has 0 bridgehead atoms. The number of thioether (sulfide) groups is 1. The van der Waals surface area contributed by atoms with E-state index >= 15 is 0 Å². The van der Waals surface area contributed by atoms with Gasteiger partial charge in [-0.25, -0.2) is 0 Å². The van der Waals surface area contributed by atoms with Gasteiger partial charge in [0.2, 0.25) is 0 Å². The third-order valence-electron chi connectivity index (χ3n) is 4.71. The molecule has 0 fully saturated rings. The number of hydrogen-bond donors (Lipinski definition) is 1. The monoisotopic (exact) mass is 390 g/mol. The van der Waals surface area contributed by atoms with E-state index in [1.807, 2.05) is 41.1 Å². The van der Waals surface area contributed by atoms with Crippen molar-refractivity contribution in [3.8, 4) is 0 Å². The fourth-order valence-corrected chi connectivity index (χ4v) is 4.19. The summed E-state index contributed by atoms with van der Waals surface area (Å²) in [6, 6.07) is 18.3. The van der Waals surface area contributed by atoms with Crippen LogP contribution in [0.4, 0.5) is 0 Å². The van der Waals surface area contributed by atoms with Crippen molar-refractivity contribution >= 4 is 22.8 Å². The van der Waals surface area contributed by atoms with Crippen molar-refractivity contribution in [2.75, 3.05) is 5.75 Å². The van der Waals surface area contributed by atoms with Crippen LogP contribution in [0.2, 0.25) is 0 Å². The molecule has 6 heteroatoms. The Morgan fingerprint density at radius 2 is 1.89 bits per heavy atom. The van der Waals surface area contributed by atoms with Crippen LogP contribution in [0.5, 0.6) is 0 Å². The van der Waals surface area contributed by atoms with E-state index < -0.39 is 0 Å². The molecule has 5 nitrogen and oxygen atoms in total. The highest BCUT2D eigenvalue weighted by Gasteiger charge is 2.21. The summed E-state index contributed by atoms with van der Waals surface area (Å²) in [5.74, 6) is 0.800. The Morgan fingerprint density at radius 3 is 2.71 bits per heavy atom. The largest absolute Gasteiger partial charge is 0.339 e. The summed E-state index contributed by atoms with van der Waals surface area (Å²) < 4.78 is 1.94. The number of aliphatic imine (C=N–C) groups is 1. The van der Waals surface area contributed by atoms with E-state index in [2.05, 4.69) is 34.6 Å². The summed E-state index contributed by atoms with van der Waals surface area (Å²) in [6.07, 6.45) is 7.44. The summed E-state index contributed by atoms with van der Waals surface area (Å²) in [7, 11) is 0. The first-order chi connectivity index (χ1) is 13.8. The molecule has 0 radical (unpaired) electrons. The number of hydrogen-bond acceptors (Lipinski definition) is 4. The number of carbonyl (C=O) groups is 1. The minimum absolute atomic E-state index is 0.117. The van der Waals surface area contributed by atoms with Crippen molar-refractivity contribution in [1.82, 2.24) is 14.9 Å². The zero-order chi connectivity index (χ0) is 19.2. The van der Waals surface area contributed by atoms with Gasteiger partial charge in [-0.15, -0.1) is 0 Å². The zero-order valence-electron chi connectivity index (χ0n) is 15.5. The topological polar surface area (TPSA) is 59.3 Å². The van der Waals surface area contributed by atoms with Crippen LogP contribution in [0.3, 0.4) is 0 Å². The van der Waals surface area contributed by atoms with Gasteiger partial charge in [-0.2, -0.15) is 0 Å². The lowest BCUT2D eigenvalue weighted by Gasteiger charge is -2.09. The van der Waals surface area contributed by atoms with Crippen molar-refractivity contribution < 1.29 is 4.79 Å². The maximum atomic E-state index is 12.7. The van der Waals surface area contributed by atoms with Crippen molar-refractivity contribution in [2.45, 2.75) is 25.4 Å². The Labute approximate surface area is 168 Å². The summed E-state index contributed by atoms with van der Waals surface area (Å²) >= 11 is 1.62. The predicted octanol–water partition coefficient (Wildman–Crippen LogP) is 3.77. The first-order valence-corrected chi connectivity index (χ1v) is 10.4. The lowest BCUT2D eigenvalue weighted by molar-refractivity contribution is 0.0969. The van der Waals surface area contributed by atoms with E-state index in [1.165, 1.54) is 5.56 Å². The first kappa shape index (κ1) is 18.5. The van der Waals surface area contributed by atoms with E-state index in [-0.39, 0.29) is 11.9 Å². The Morgan fingerprint density at radius 1 is 1.07 bits per heavy atom. The second-order valence-electron chi connectivity index (χ2n) is 6.75. The smallest absolute Gasteiger partial charge is 0.273 e. The molecule has 1 aliphatic rings. The number of aromatic nitrogens is 2. The van der Waals surface area contributed by atoms with Gasteiger partial charge in [0.15, 0.2) is 5.17 Å². The van der Waals surface area contributed by atoms with E-state index in [1.54, 1.807) is 24.2 Å². The molecular weight excluding hydrogens is 368 g/mol. The molecule has 1 aromatic carbocycles. The van der Waals surface area contributed by atoms with E-state index in [0.717, 1.165) is 29.3 Å². The van der Waals surface area contributed by atoms with Gasteiger partial charge in [-0.1, -0.05) is 42.1 Å². The van der Waals surface area contributed by atoms with Gasteiger partial charge in [0.25, 0.3) is 5.91 Å². The first-order valence-electron chi connectivity index (χ1n) is 9.38. The molecule has 4 rings (SSSR count). The molecular formula is C22H22N4OS. The number of aryl methyl sites for hydroxylation is 1. The van der Waals surface area contributed by atoms with Gasteiger partial charge >= 0.3 is 0 Å². The summed E-state index contributed by atoms with van der Waals surface area (Å²) in [5, 5.41) is 3.70. The molecule has 1 atom stereocenters. The van der Waals surface area contributed by atoms with Crippen LogP contribution in [-0.2, 0) is 13.0 Å². The lowest BCUT2D eigenvalue weighted by atomic mass is 10.1. The maximum Gasteiger partial charge on any atom is 0.273 e. The van der Waals surface area contributed by atoms with Crippen molar-refractivity contribution in [3.05, 3.63) is 90.0 Å². The number of pyridine rings is 1. The number of carbonyl (C=O) groups excluding carboxylic acids is 1. The summed E-state index contributed by atoms with van der Waals surface area (Å²) in [5.41, 5.74) is 3.07. The van der Waals surface area contributed by atoms with E-state index in [4.69, 9.17) is 4.99 Å². The number of nitrogens with one attached hydrogen (secondary N) is 1. The molecule has 142 valence electrons. The molecule has 0 saturated heterocycles. The van der Waals surface area contributed by atoms with Crippen LogP contribution >= 0.6 is 11.8 Å². The van der Waals surface area contributed by atoms with Crippen molar-refractivity contribution in [1.29, 1.82) is 0 Å².